The number of hydrogen-bond donors (Lipinski definition) is 0. The maximum absolute atomic E-state index is 14.3. The van der Waals surface area contributed by atoms with E-state index in [9.17, 15) is 9.18 Å². The fraction of sp³-hybridized carbons (Fsp3) is 0.346. The Morgan fingerprint density at radius 3 is 2.62 bits per heavy atom. The van der Waals surface area contributed by atoms with Gasteiger partial charge in [0.1, 0.15) is 23.2 Å². The minimum atomic E-state index is -0.505. The van der Waals surface area contributed by atoms with Crippen molar-refractivity contribution in [3.8, 4) is 5.75 Å². The molecule has 3 heterocycles. The molecule has 0 unspecified atom stereocenters. The molecule has 2 aromatic carbocycles. The first-order valence-corrected chi connectivity index (χ1v) is 11.5. The van der Waals surface area contributed by atoms with Crippen molar-refractivity contribution in [2.75, 3.05) is 44.9 Å². The number of para-hydroxylation sites is 1. The van der Waals surface area contributed by atoms with Gasteiger partial charge in [-0.3, -0.25) is 4.79 Å². The van der Waals surface area contributed by atoms with Gasteiger partial charge in [-0.05, 0) is 18.2 Å². The highest BCUT2D eigenvalue weighted by molar-refractivity contribution is 5.94. The maximum Gasteiger partial charge on any atom is 0.257 e. The maximum atomic E-state index is 14.3. The zero-order valence-electron chi connectivity index (χ0n) is 19.2. The van der Waals surface area contributed by atoms with Crippen LogP contribution >= 0.6 is 0 Å². The molecule has 0 radical (unpaired) electrons. The number of nitrogens with zero attached hydrogens (tertiary/aromatic N) is 4. The topological polar surface area (TPSA) is 67.8 Å². The van der Waals surface area contributed by atoms with E-state index in [0.29, 0.717) is 39.1 Å². The van der Waals surface area contributed by atoms with Gasteiger partial charge in [-0.25, -0.2) is 14.4 Å². The molecule has 1 amide bonds. The Hall–Kier alpha value is -3.52. The Labute approximate surface area is 198 Å². The number of halogens is 1. The zero-order chi connectivity index (χ0) is 23.5. The molecule has 0 saturated carbocycles. The molecule has 5 rings (SSSR count). The first-order chi connectivity index (χ1) is 16.6. The number of aromatic nitrogens is 2. The molecule has 0 N–H and O–H groups in total. The largest absolute Gasteiger partial charge is 0.496 e. The van der Waals surface area contributed by atoms with Crippen LogP contribution < -0.4 is 9.64 Å². The minimum Gasteiger partial charge on any atom is -0.496 e. The van der Waals surface area contributed by atoms with Gasteiger partial charge in [-0.2, -0.15) is 0 Å². The average molecular weight is 463 g/mol. The predicted molar refractivity (Wildman–Crippen MR) is 126 cm³/mol. The number of rotatable bonds is 5. The van der Waals surface area contributed by atoms with Crippen molar-refractivity contribution in [2.24, 2.45) is 0 Å². The third-order valence-corrected chi connectivity index (χ3v) is 6.33. The van der Waals surface area contributed by atoms with Gasteiger partial charge in [0, 0.05) is 43.6 Å². The standard InChI is InChI=1S/C26H27FN4O3/c1-33-23-9-5-2-6-18(23)16-24-28-22-10-11-31(26(32)19-7-3-4-8-21(19)27)17-20(22)25(29-24)30-12-14-34-15-13-30/h2-9H,10-17H2,1H3. The first-order valence-electron chi connectivity index (χ1n) is 11.5. The lowest BCUT2D eigenvalue weighted by molar-refractivity contribution is 0.0728. The fourth-order valence-corrected chi connectivity index (χ4v) is 4.56. The van der Waals surface area contributed by atoms with Gasteiger partial charge in [0.15, 0.2) is 0 Å². The molecular formula is C26H27FN4O3. The second kappa shape index (κ2) is 9.77. The van der Waals surface area contributed by atoms with Crippen LogP contribution in [0.15, 0.2) is 48.5 Å². The molecule has 0 atom stereocenters. The molecule has 0 bridgehead atoms. The van der Waals surface area contributed by atoms with Gasteiger partial charge in [0.05, 0.1) is 38.1 Å². The van der Waals surface area contributed by atoms with Crippen LogP contribution in [-0.4, -0.2) is 60.7 Å². The number of hydrogen-bond acceptors (Lipinski definition) is 6. The highest BCUT2D eigenvalue weighted by Gasteiger charge is 2.29. The molecule has 34 heavy (non-hydrogen) atoms. The molecule has 0 aliphatic carbocycles. The van der Waals surface area contributed by atoms with Crippen LogP contribution in [0.5, 0.6) is 5.75 Å². The number of amides is 1. The molecule has 2 aliphatic rings. The molecule has 176 valence electrons. The summed E-state index contributed by atoms with van der Waals surface area (Å²) in [5, 5.41) is 0. The Morgan fingerprint density at radius 2 is 1.82 bits per heavy atom. The van der Waals surface area contributed by atoms with Crippen LogP contribution in [0.3, 0.4) is 0 Å². The first kappa shape index (κ1) is 22.3. The summed E-state index contributed by atoms with van der Waals surface area (Å²) < 4.78 is 25.3. The van der Waals surface area contributed by atoms with E-state index in [1.54, 1.807) is 24.1 Å². The Morgan fingerprint density at radius 1 is 1.06 bits per heavy atom. The number of anilines is 1. The number of fused-ring (bicyclic) bond motifs is 1. The van der Waals surface area contributed by atoms with Gasteiger partial charge in [-0.1, -0.05) is 30.3 Å². The highest BCUT2D eigenvalue weighted by Crippen LogP contribution is 2.30. The van der Waals surface area contributed by atoms with Gasteiger partial charge in [0.25, 0.3) is 5.91 Å². The average Bonchev–Trinajstić information content (AvgIpc) is 2.88. The Balaban J connectivity index is 1.49. The van der Waals surface area contributed by atoms with Crippen LogP contribution in [0, 0.1) is 5.82 Å². The van der Waals surface area contributed by atoms with Crippen LogP contribution in [0.1, 0.15) is 33.0 Å². The number of carbonyl (C=O) groups excluding carboxylic acids is 1. The van der Waals surface area contributed by atoms with Crippen LogP contribution in [0.2, 0.25) is 0 Å². The molecule has 2 aliphatic heterocycles. The second-order valence-electron chi connectivity index (χ2n) is 8.43. The molecule has 1 fully saturated rings. The van der Waals surface area contributed by atoms with Gasteiger partial charge < -0.3 is 19.3 Å². The lowest BCUT2D eigenvalue weighted by Gasteiger charge is -2.34. The lowest BCUT2D eigenvalue weighted by atomic mass is 10.0. The third kappa shape index (κ3) is 4.46. The predicted octanol–water partition coefficient (Wildman–Crippen LogP) is 3.25. The van der Waals surface area contributed by atoms with Crippen molar-refractivity contribution in [1.29, 1.82) is 0 Å². The summed E-state index contributed by atoms with van der Waals surface area (Å²) in [5.74, 6) is 1.55. The summed E-state index contributed by atoms with van der Waals surface area (Å²) in [7, 11) is 1.66. The Bertz CT molecular complexity index is 1200. The molecule has 0 spiro atoms. The number of morpholine rings is 1. The molecule has 7 nitrogen and oxygen atoms in total. The van der Waals surface area contributed by atoms with E-state index in [1.807, 2.05) is 24.3 Å². The summed E-state index contributed by atoms with van der Waals surface area (Å²) >= 11 is 0. The van der Waals surface area contributed by atoms with Gasteiger partial charge in [-0.15, -0.1) is 0 Å². The van der Waals surface area contributed by atoms with Gasteiger partial charge >= 0.3 is 0 Å². The van der Waals surface area contributed by atoms with Crippen molar-refractivity contribution < 1.29 is 18.7 Å². The summed E-state index contributed by atoms with van der Waals surface area (Å²) in [6, 6.07) is 14.0. The Kier molecular flexibility index (Phi) is 6.40. The molecule has 1 saturated heterocycles. The summed E-state index contributed by atoms with van der Waals surface area (Å²) in [5.41, 5.74) is 2.98. The molecular weight excluding hydrogens is 435 g/mol. The van der Waals surface area contributed by atoms with Gasteiger partial charge in [0.2, 0.25) is 0 Å². The van der Waals surface area contributed by atoms with E-state index in [0.717, 1.165) is 47.3 Å². The van der Waals surface area contributed by atoms with E-state index in [4.69, 9.17) is 19.4 Å². The molecule has 3 aromatic rings. The highest BCUT2D eigenvalue weighted by atomic mass is 19.1. The number of benzene rings is 2. The van der Waals surface area contributed by atoms with Crippen LogP contribution in [-0.2, 0) is 24.1 Å². The van der Waals surface area contributed by atoms with Crippen molar-refractivity contribution in [3.05, 3.63) is 82.6 Å². The van der Waals surface area contributed by atoms with Crippen molar-refractivity contribution in [1.82, 2.24) is 14.9 Å². The number of methoxy groups -OCH3 is 1. The quantitative estimate of drug-likeness (QED) is 0.580. The SMILES string of the molecule is COc1ccccc1Cc1nc2c(c(N3CCOCC3)n1)CN(C(=O)c1ccccc1F)CC2. The van der Waals surface area contributed by atoms with E-state index in [2.05, 4.69) is 4.90 Å². The van der Waals surface area contributed by atoms with Crippen LogP contribution in [0.4, 0.5) is 10.2 Å². The number of carbonyl (C=O) groups is 1. The normalized spacial score (nSPS) is 15.7. The summed E-state index contributed by atoms with van der Waals surface area (Å²) in [6.45, 7) is 3.52. The third-order valence-electron chi connectivity index (χ3n) is 6.33. The summed E-state index contributed by atoms with van der Waals surface area (Å²) in [4.78, 5) is 26.8. The van der Waals surface area contributed by atoms with E-state index in [1.165, 1.54) is 12.1 Å². The smallest absolute Gasteiger partial charge is 0.257 e. The fourth-order valence-electron chi connectivity index (χ4n) is 4.56. The van der Waals surface area contributed by atoms with Crippen molar-refractivity contribution in [3.63, 3.8) is 0 Å². The van der Waals surface area contributed by atoms with Crippen molar-refractivity contribution in [2.45, 2.75) is 19.4 Å². The number of ether oxygens (including phenoxy) is 2. The van der Waals surface area contributed by atoms with E-state index < -0.39 is 5.82 Å². The van der Waals surface area contributed by atoms with E-state index >= 15 is 0 Å². The van der Waals surface area contributed by atoms with Crippen LogP contribution in [0.25, 0.3) is 0 Å². The molecule has 1 aromatic heterocycles. The van der Waals surface area contributed by atoms with Crippen molar-refractivity contribution >= 4 is 11.7 Å². The summed E-state index contributed by atoms with van der Waals surface area (Å²) in [6.07, 6.45) is 1.14. The minimum absolute atomic E-state index is 0.0904. The second-order valence-corrected chi connectivity index (χ2v) is 8.43. The monoisotopic (exact) mass is 462 g/mol. The van der Waals surface area contributed by atoms with E-state index in [-0.39, 0.29) is 11.5 Å². The molecule has 8 heteroatoms. The lowest BCUT2D eigenvalue weighted by Crippen LogP contribution is -2.41. The zero-order valence-corrected chi connectivity index (χ0v) is 19.2.